The van der Waals surface area contributed by atoms with Crippen molar-refractivity contribution in [3.05, 3.63) is 54.1 Å². The summed E-state index contributed by atoms with van der Waals surface area (Å²) in [4.78, 5) is 8.91. The smallest absolute Gasteiger partial charge is 0.102 e. The first kappa shape index (κ1) is 15.3. The van der Waals surface area contributed by atoms with Crippen molar-refractivity contribution in [2.24, 2.45) is 0 Å². The van der Waals surface area contributed by atoms with Gasteiger partial charge < -0.3 is 16.0 Å². The van der Waals surface area contributed by atoms with E-state index in [0.29, 0.717) is 0 Å². The van der Waals surface area contributed by atoms with Crippen LogP contribution in [0.3, 0.4) is 0 Å². The van der Waals surface area contributed by atoms with Gasteiger partial charge in [-0.3, -0.25) is 0 Å². The molecule has 0 saturated heterocycles. The van der Waals surface area contributed by atoms with Crippen LogP contribution in [0.4, 0.5) is 0 Å². The predicted molar refractivity (Wildman–Crippen MR) is 72.2 cm³/mol. The number of nitrogens with zero attached hydrogens (tertiary/aromatic N) is 2. The fourth-order valence-corrected chi connectivity index (χ4v) is 1.29. The molecule has 2 rings (SSSR count). The largest absolute Gasteiger partial charge is 0.349 e. The van der Waals surface area contributed by atoms with E-state index in [1.54, 1.807) is 12.4 Å². The summed E-state index contributed by atoms with van der Waals surface area (Å²) in [5, 5.41) is 0. The summed E-state index contributed by atoms with van der Waals surface area (Å²) in [7, 11) is 4.15. The first-order valence-corrected chi connectivity index (χ1v) is 5.33. The number of rotatable bonds is 2. The maximum absolute atomic E-state index is 3.86. The minimum Gasteiger partial charge on any atom is -0.349 e. The van der Waals surface area contributed by atoms with E-state index in [2.05, 4.69) is 53.2 Å². The average molecular weight is 234 g/mol. The van der Waals surface area contributed by atoms with Crippen molar-refractivity contribution < 1.29 is 0 Å². The molecular weight excluding hydrogens is 212 g/mol. The SMILES string of the molecule is CN(C)Cc1ccccc1.Cc1ncc[nH]1.N. The fourth-order valence-electron chi connectivity index (χ4n) is 1.29. The monoisotopic (exact) mass is 234 g/mol. The lowest BCUT2D eigenvalue weighted by atomic mass is 10.2. The van der Waals surface area contributed by atoms with Crippen molar-refractivity contribution in [2.45, 2.75) is 13.5 Å². The Kier molecular flexibility index (Phi) is 7.67. The van der Waals surface area contributed by atoms with Crippen LogP contribution in [0.5, 0.6) is 0 Å². The summed E-state index contributed by atoms with van der Waals surface area (Å²) < 4.78 is 0. The van der Waals surface area contributed by atoms with Crippen LogP contribution >= 0.6 is 0 Å². The zero-order chi connectivity index (χ0) is 11.8. The van der Waals surface area contributed by atoms with Gasteiger partial charge in [-0.2, -0.15) is 0 Å². The number of aromatic amines is 1. The van der Waals surface area contributed by atoms with Crippen molar-refractivity contribution in [3.63, 3.8) is 0 Å². The van der Waals surface area contributed by atoms with Gasteiger partial charge in [-0.05, 0) is 26.6 Å². The summed E-state index contributed by atoms with van der Waals surface area (Å²) in [6, 6.07) is 10.5. The molecule has 17 heavy (non-hydrogen) atoms. The van der Waals surface area contributed by atoms with Gasteiger partial charge in [0.1, 0.15) is 5.82 Å². The molecule has 0 saturated carbocycles. The fraction of sp³-hybridized carbons (Fsp3) is 0.308. The summed E-state index contributed by atoms with van der Waals surface area (Å²) in [6.07, 6.45) is 3.53. The molecule has 4 heteroatoms. The quantitative estimate of drug-likeness (QED) is 0.839. The van der Waals surface area contributed by atoms with E-state index < -0.39 is 0 Å². The van der Waals surface area contributed by atoms with Gasteiger partial charge in [-0.1, -0.05) is 30.3 Å². The van der Waals surface area contributed by atoms with Gasteiger partial charge in [0.15, 0.2) is 0 Å². The van der Waals surface area contributed by atoms with Crippen molar-refractivity contribution >= 4 is 0 Å². The zero-order valence-corrected chi connectivity index (χ0v) is 10.9. The van der Waals surface area contributed by atoms with Gasteiger partial charge in [0.05, 0.1) is 0 Å². The molecule has 0 spiro atoms. The van der Waals surface area contributed by atoms with Gasteiger partial charge >= 0.3 is 0 Å². The molecule has 0 amide bonds. The highest BCUT2D eigenvalue weighted by molar-refractivity contribution is 5.14. The second kappa shape index (κ2) is 8.50. The van der Waals surface area contributed by atoms with Crippen molar-refractivity contribution in [2.75, 3.05) is 14.1 Å². The van der Waals surface area contributed by atoms with Crippen molar-refractivity contribution in [3.8, 4) is 0 Å². The molecule has 1 aromatic heterocycles. The first-order chi connectivity index (χ1) is 7.68. The molecule has 0 radical (unpaired) electrons. The van der Waals surface area contributed by atoms with E-state index in [1.165, 1.54) is 5.56 Å². The molecule has 0 atom stereocenters. The van der Waals surface area contributed by atoms with Crippen LogP contribution in [0, 0.1) is 6.92 Å². The van der Waals surface area contributed by atoms with Crippen LogP contribution in [0.1, 0.15) is 11.4 Å². The second-order valence-corrected chi connectivity index (χ2v) is 3.90. The normalized spacial score (nSPS) is 9.18. The van der Waals surface area contributed by atoms with Crippen LogP contribution < -0.4 is 6.15 Å². The molecule has 94 valence electrons. The molecule has 0 unspecified atom stereocenters. The number of aromatic nitrogens is 2. The Hall–Kier alpha value is -1.65. The third-order valence-electron chi connectivity index (χ3n) is 1.98. The molecule has 1 heterocycles. The Bertz CT molecular complexity index is 368. The molecule has 4 N–H and O–H groups in total. The summed E-state index contributed by atoms with van der Waals surface area (Å²) in [5.74, 6) is 0.968. The summed E-state index contributed by atoms with van der Waals surface area (Å²) >= 11 is 0. The van der Waals surface area contributed by atoms with Crippen molar-refractivity contribution in [1.29, 1.82) is 0 Å². The number of nitrogens with one attached hydrogen (secondary N) is 1. The number of imidazole rings is 1. The van der Waals surface area contributed by atoms with Gasteiger partial charge in [-0.25, -0.2) is 4.98 Å². The molecule has 0 aliphatic carbocycles. The Morgan fingerprint density at radius 1 is 1.18 bits per heavy atom. The molecule has 4 nitrogen and oxygen atoms in total. The molecule has 0 aliphatic rings. The molecule has 0 aliphatic heterocycles. The first-order valence-electron chi connectivity index (χ1n) is 5.33. The molecule has 0 bridgehead atoms. The number of aryl methyl sites for hydroxylation is 1. The van der Waals surface area contributed by atoms with Crippen LogP contribution in [-0.2, 0) is 6.54 Å². The highest BCUT2D eigenvalue weighted by Crippen LogP contribution is 1.99. The maximum atomic E-state index is 3.86. The number of hydrogen-bond donors (Lipinski definition) is 2. The third-order valence-corrected chi connectivity index (χ3v) is 1.98. The lowest BCUT2D eigenvalue weighted by molar-refractivity contribution is 0.402. The van der Waals surface area contributed by atoms with E-state index in [4.69, 9.17) is 0 Å². The van der Waals surface area contributed by atoms with Crippen LogP contribution in [0.15, 0.2) is 42.7 Å². The Labute approximate surface area is 103 Å². The molecule has 0 fully saturated rings. The second-order valence-electron chi connectivity index (χ2n) is 3.90. The lowest BCUT2D eigenvalue weighted by Crippen LogP contribution is -2.10. The van der Waals surface area contributed by atoms with Crippen molar-refractivity contribution in [1.82, 2.24) is 21.0 Å². The van der Waals surface area contributed by atoms with Crippen LogP contribution in [0.2, 0.25) is 0 Å². The predicted octanol–water partition coefficient (Wildman–Crippen LogP) is 2.63. The Balaban J connectivity index is 0.000000316. The maximum Gasteiger partial charge on any atom is 0.102 e. The van der Waals surface area contributed by atoms with E-state index in [-0.39, 0.29) is 6.15 Å². The highest BCUT2D eigenvalue weighted by atomic mass is 15.0. The minimum absolute atomic E-state index is 0. The highest BCUT2D eigenvalue weighted by Gasteiger charge is 1.90. The van der Waals surface area contributed by atoms with E-state index >= 15 is 0 Å². The van der Waals surface area contributed by atoms with Crippen LogP contribution in [0.25, 0.3) is 0 Å². The molecular formula is C13H22N4. The van der Waals surface area contributed by atoms with Gasteiger partial charge in [0, 0.05) is 18.9 Å². The summed E-state index contributed by atoms with van der Waals surface area (Å²) in [5.41, 5.74) is 1.37. The van der Waals surface area contributed by atoms with Gasteiger partial charge in [0.2, 0.25) is 0 Å². The Morgan fingerprint density at radius 2 is 1.82 bits per heavy atom. The van der Waals surface area contributed by atoms with E-state index in [0.717, 1.165) is 12.4 Å². The van der Waals surface area contributed by atoms with Gasteiger partial charge in [-0.15, -0.1) is 0 Å². The zero-order valence-electron chi connectivity index (χ0n) is 10.9. The Morgan fingerprint density at radius 3 is 2.18 bits per heavy atom. The molecule has 2 aromatic rings. The molecule has 1 aromatic carbocycles. The van der Waals surface area contributed by atoms with E-state index in [1.807, 2.05) is 13.0 Å². The lowest BCUT2D eigenvalue weighted by Gasteiger charge is -2.08. The third kappa shape index (κ3) is 7.27. The topological polar surface area (TPSA) is 66.9 Å². The van der Waals surface area contributed by atoms with Crippen LogP contribution in [-0.4, -0.2) is 29.0 Å². The number of benzene rings is 1. The summed E-state index contributed by atoms with van der Waals surface area (Å²) in [6.45, 7) is 2.95. The van der Waals surface area contributed by atoms with E-state index in [9.17, 15) is 0 Å². The van der Waals surface area contributed by atoms with Gasteiger partial charge in [0.25, 0.3) is 0 Å². The average Bonchev–Trinajstić information content (AvgIpc) is 2.71. The number of hydrogen-bond acceptors (Lipinski definition) is 3. The number of H-pyrrole nitrogens is 1. The standard InChI is InChI=1S/C9H13N.C4H6N2.H3N/c1-10(2)8-9-6-4-3-5-7-9;1-4-5-2-3-6-4;/h3-7H,8H2,1-2H3;2-3H,1H3,(H,5,6);1H3. The minimum atomic E-state index is 0.